The normalized spacial score (nSPS) is 10.7. The van der Waals surface area contributed by atoms with Crippen molar-refractivity contribution in [3.8, 4) is 17.1 Å². The molecular weight excluding hydrogens is 406 g/mol. The van der Waals surface area contributed by atoms with Crippen molar-refractivity contribution in [2.45, 2.75) is 31.3 Å². The van der Waals surface area contributed by atoms with Crippen molar-refractivity contribution in [2.24, 2.45) is 0 Å². The van der Waals surface area contributed by atoms with Gasteiger partial charge in [-0.1, -0.05) is 30.0 Å². The summed E-state index contributed by atoms with van der Waals surface area (Å²) in [5.74, 6) is 2.10. The first kappa shape index (κ1) is 21.1. The molecule has 9 heteroatoms. The fourth-order valence-corrected chi connectivity index (χ4v) is 4.71. The highest BCUT2D eigenvalue weighted by Gasteiger charge is 2.18. The maximum absolute atomic E-state index is 11.7. The molecular formula is C20H23N5O2S2. The molecule has 3 aromatic rings. The Hall–Kier alpha value is -2.65. The molecule has 0 aliphatic rings. The van der Waals surface area contributed by atoms with Crippen LogP contribution in [0.5, 0.6) is 5.75 Å². The van der Waals surface area contributed by atoms with Gasteiger partial charge < -0.3 is 4.74 Å². The largest absolute Gasteiger partial charge is 0.496 e. The summed E-state index contributed by atoms with van der Waals surface area (Å²) in [6, 6.07) is 7.74. The lowest BCUT2D eigenvalue weighted by molar-refractivity contribution is -0.116. The van der Waals surface area contributed by atoms with E-state index in [1.165, 1.54) is 11.3 Å². The average Bonchev–Trinajstić information content (AvgIpc) is 3.34. The van der Waals surface area contributed by atoms with Crippen LogP contribution in [0, 0.1) is 0 Å². The Morgan fingerprint density at radius 2 is 2.17 bits per heavy atom. The van der Waals surface area contributed by atoms with Crippen LogP contribution >= 0.6 is 23.1 Å². The number of hydrogen-bond acceptors (Lipinski definition) is 7. The second-order valence-electron chi connectivity index (χ2n) is 6.08. The van der Waals surface area contributed by atoms with Gasteiger partial charge in [0.05, 0.1) is 18.4 Å². The van der Waals surface area contributed by atoms with E-state index in [1.807, 2.05) is 47.2 Å². The topological polar surface area (TPSA) is 73.1 Å². The number of nitrogens with zero attached hydrogens (tertiary/aromatic N) is 5. The van der Waals surface area contributed by atoms with Crippen LogP contribution in [0.15, 0.2) is 47.5 Å². The number of hydrogen-bond donors (Lipinski definition) is 0. The Balaban J connectivity index is 1.82. The minimum absolute atomic E-state index is 0.00627. The molecule has 0 radical (unpaired) electrons. The maximum Gasteiger partial charge on any atom is 0.225 e. The molecule has 0 spiro atoms. The van der Waals surface area contributed by atoms with Crippen molar-refractivity contribution in [1.29, 1.82) is 0 Å². The Labute approximate surface area is 178 Å². The van der Waals surface area contributed by atoms with E-state index in [0.717, 1.165) is 33.1 Å². The fraction of sp³-hybridized carbons (Fsp3) is 0.300. The molecule has 3 rings (SSSR count). The van der Waals surface area contributed by atoms with Gasteiger partial charge in [-0.2, -0.15) is 0 Å². The molecule has 0 aliphatic carbocycles. The van der Waals surface area contributed by atoms with Gasteiger partial charge in [0, 0.05) is 31.1 Å². The summed E-state index contributed by atoms with van der Waals surface area (Å²) in [5.41, 5.74) is 1.79. The summed E-state index contributed by atoms with van der Waals surface area (Å²) in [4.78, 5) is 18.0. The molecule has 0 N–H and O–H groups in total. The van der Waals surface area contributed by atoms with E-state index in [0.29, 0.717) is 18.8 Å². The molecule has 29 heavy (non-hydrogen) atoms. The van der Waals surface area contributed by atoms with Crippen molar-refractivity contribution < 1.29 is 9.53 Å². The number of carbonyl (C=O) groups is 1. The van der Waals surface area contributed by atoms with E-state index in [-0.39, 0.29) is 5.91 Å². The van der Waals surface area contributed by atoms with Gasteiger partial charge in [0.25, 0.3) is 0 Å². The molecule has 0 bridgehead atoms. The number of ether oxygens (including phenoxy) is 1. The van der Waals surface area contributed by atoms with Crippen LogP contribution < -0.4 is 9.64 Å². The smallest absolute Gasteiger partial charge is 0.225 e. The van der Waals surface area contributed by atoms with E-state index in [2.05, 4.69) is 21.8 Å². The van der Waals surface area contributed by atoms with Gasteiger partial charge in [0.2, 0.25) is 5.91 Å². The van der Waals surface area contributed by atoms with Crippen molar-refractivity contribution in [3.63, 3.8) is 0 Å². The lowest BCUT2D eigenvalue weighted by atomic mass is 10.2. The quantitative estimate of drug-likeness (QED) is 0.374. The van der Waals surface area contributed by atoms with Crippen LogP contribution in [0.1, 0.15) is 19.5 Å². The van der Waals surface area contributed by atoms with Crippen LogP contribution in [-0.4, -0.2) is 39.3 Å². The zero-order valence-corrected chi connectivity index (χ0v) is 18.3. The predicted octanol–water partition coefficient (Wildman–Crippen LogP) is 4.26. The van der Waals surface area contributed by atoms with Crippen LogP contribution in [0.25, 0.3) is 11.4 Å². The average molecular weight is 430 g/mol. The minimum Gasteiger partial charge on any atom is -0.496 e. The van der Waals surface area contributed by atoms with Crippen molar-refractivity contribution in [2.75, 3.05) is 18.6 Å². The number of amides is 1. The first-order valence-electron chi connectivity index (χ1n) is 9.11. The number of anilines is 1. The van der Waals surface area contributed by atoms with E-state index < -0.39 is 0 Å². The first-order valence-corrected chi connectivity index (χ1v) is 11.0. The number of benzene rings is 1. The van der Waals surface area contributed by atoms with Gasteiger partial charge in [0.1, 0.15) is 5.75 Å². The van der Waals surface area contributed by atoms with E-state index >= 15 is 0 Å². The third kappa shape index (κ3) is 4.68. The van der Waals surface area contributed by atoms with Gasteiger partial charge in [-0.3, -0.25) is 14.3 Å². The standard InChI is InChI=1S/C20H23N5O2S2/c1-5-11-25-18(16-9-7-8-10-17(16)27-4)22-23-20(25)29-13-15-12-28-19(21-15)24(6-2)14(3)26/h5,7-10,12H,1,6,11,13H2,2-4H3. The molecule has 0 atom stereocenters. The number of rotatable bonds is 9. The summed E-state index contributed by atoms with van der Waals surface area (Å²) in [7, 11) is 1.64. The van der Waals surface area contributed by atoms with Crippen LogP contribution in [0.4, 0.5) is 5.13 Å². The molecule has 0 saturated carbocycles. The predicted molar refractivity (Wildman–Crippen MR) is 118 cm³/mol. The molecule has 2 heterocycles. The number of allylic oxidation sites excluding steroid dienone is 1. The number of para-hydroxylation sites is 1. The highest BCUT2D eigenvalue weighted by molar-refractivity contribution is 7.98. The highest BCUT2D eigenvalue weighted by Crippen LogP contribution is 2.32. The van der Waals surface area contributed by atoms with Crippen LogP contribution in [0.2, 0.25) is 0 Å². The molecule has 0 aliphatic heterocycles. The third-order valence-electron chi connectivity index (χ3n) is 4.19. The van der Waals surface area contributed by atoms with Gasteiger partial charge in [0.15, 0.2) is 16.1 Å². The van der Waals surface area contributed by atoms with Gasteiger partial charge in [-0.05, 0) is 19.1 Å². The molecule has 0 unspecified atom stereocenters. The summed E-state index contributed by atoms with van der Waals surface area (Å²) in [5, 5.41) is 12.2. The Kier molecular flexibility index (Phi) is 7.05. The highest BCUT2D eigenvalue weighted by atomic mass is 32.2. The second-order valence-corrected chi connectivity index (χ2v) is 7.86. The number of thiazole rings is 1. The molecule has 0 saturated heterocycles. The number of thioether (sulfide) groups is 1. The van der Waals surface area contributed by atoms with Gasteiger partial charge in [-0.15, -0.1) is 28.1 Å². The number of aromatic nitrogens is 4. The summed E-state index contributed by atoms with van der Waals surface area (Å²) in [6.45, 7) is 8.53. The fourth-order valence-electron chi connectivity index (χ4n) is 2.84. The molecule has 0 fully saturated rings. The molecule has 7 nitrogen and oxygen atoms in total. The lowest BCUT2D eigenvalue weighted by Crippen LogP contribution is -2.27. The molecule has 152 valence electrons. The third-order valence-corrected chi connectivity index (χ3v) is 6.11. The summed E-state index contributed by atoms with van der Waals surface area (Å²) >= 11 is 3.02. The Morgan fingerprint density at radius 3 is 2.86 bits per heavy atom. The monoisotopic (exact) mass is 429 g/mol. The van der Waals surface area contributed by atoms with Crippen molar-refractivity contribution in [3.05, 3.63) is 48.0 Å². The summed E-state index contributed by atoms with van der Waals surface area (Å²) in [6.07, 6.45) is 1.82. The molecule has 2 aromatic heterocycles. The number of carbonyl (C=O) groups excluding carboxylic acids is 1. The molecule has 1 aromatic carbocycles. The van der Waals surface area contributed by atoms with Gasteiger partial charge >= 0.3 is 0 Å². The second kappa shape index (κ2) is 9.71. The first-order chi connectivity index (χ1) is 14.1. The van der Waals surface area contributed by atoms with Crippen LogP contribution in [-0.2, 0) is 17.1 Å². The zero-order valence-electron chi connectivity index (χ0n) is 16.7. The van der Waals surface area contributed by atoms with E-state index in [9.17, 15) is 4.79 Å². The maximum atomic E-state index is 11.7. The van der Waals surface area contributed by atoms with E-state index in [1.54, 1.807) is 30.7 Å². The Morgan fingerprint density at radius 1 is 1.38 bits per heavy atom. The van der Waals surface area contributed by atoms with Crippen molar-refractivity contribution in [1.82, 2.24) is 19.7 Å². The van der Waals surface area contributed by atoms with Crippen LogP contribution in [0.3, 0.4) is 0 Å². The van der Waals surface area contributed by atoms with Gasteiger partial charge in [-0.25, -0.2) is 4.98 Å². The SMILES string of the molecule is C=CCn1c(SCc2csc(N(CC)C(C)=O)n2)nnc1-c1ccccc1OC. The zero-order chi connectivity index (χ0) is 20.8. The lowest BCUT2D eigenvalue weighted by Gasteiger charge is -2.14. The molecule has 1 amide bonds. The Bertz CT molecular complexity index is 998. The minimum atomic E-state index is -0.00627. The summed E-state index contributed by atoms with van der Waals surface area (Å²) < 4.78 is 7.48. The van der Waals surface area contributed by atoms with Crippen molar-refractivity contribution >= 4 is 34.1 Å². The number of methoxy groups -OCH3 is 1. The van der Waals surface area contributed by atoms with E-state index in [4.69, 9.17) is 4.74 Å².